The molecule has 1 aromatic carbocycles. The lowest BCUT2D eigenvalue weighted by Gasteiger charge is -2.10. The quantitative estimate of drug-likeness (QED) is 0.237. The summed E-state index contributed by atoms with van der Waals surface area (Å²) < 4.78 is 6.00. The topological polar surface area (TPSA) is 56.0 Å². The van der Waals surface area contributed by atoms with Gasteiger partial charge in [0.25, 0.3) is 0 Å². The first-order chi connectivity index (χ1) is 12.3. The molecule has 0 amide bonds. The van der Waals surface area contributed by atoms with Gasteiger partial charge in [-0.05, 0) is 18.6 Å². The van der Waals surface area contributed by atoms with Crippen LogP contribution in [-0.4, -0.2) is 9.97 Å². The molecule has 0 spiro atoms. The van der Waals surface area contributed by atoms with E-state index < -0.39 is 0 Å². The molecule has 0 saturated carbocycles. The van der Waals surface area contributed by atoms with E-state index in [1.165, 1.54) is 0 Å². The Morgan fingerprint density at radius 3 is 2.80 bits per heavy atom. The lowest BCUT2D eigenvalue weighted by Crippen LogP contribution is -2.11. The van der Waals surface area contributed by atoms with E-state index in [2.05, 4.69) is 28.7 Å². The largest absolute Gasteiger partial charge is 0.450 e. The van der Waals surface area contributed by atoms with Crippen molar-refractivity contribution in [2.24, 2.45) is 0 Å². The first kappa shape index (κ1) is 15.3. The second-order valence-corrected chi connectivity index (χ2v) is 5.87. The van der Waals surface area contributed by atoms with Crippen LogP contribution in [0.3, 0.4) is 0 Å². The summed E-state index contributed by atoms with van der Waals surface area (Å²) >= 11 is 0. The second-order valence-electron chi connectivity index (χ2n) is 5.87. The lowest BCUT2D eigenvalue weighted by molar-refractivity contribution is 0.610. The van der Waals surface area contributed by atoms with Crippen molar-refractivity contribution in [3.63, 3.8) is 0 Å². The zero-order valence-electron chi connectivity index (χ0n) is 13.9. The normalized spacial score (nSPS) is 10.9. The molecule has 0 fully saturated rings. The van der Waals surface area contributed by atoms with E-state index in [4.69, 9.17) is 4.42 Å². The number of pyridine rings is 1. The fraction of sp³-hybridized carbons (Fsp3) is 0.190. The number of unbranched alkanes of at least 4 members (excludes halogenated alkanes) is 2. The molecule has 122 valence electrons. The third kappa shape index (κ3) is 2.64. The molecule has 2 aromatic rings. The number of hydrogen-bond acceptors (Lipinski definition) is 4. The Hall–Kier alpha value is -3.19. The van der Waals surface area contributed by atoms with Gasteiger partial charge in [0.1, 0.15) is 11.3 Å². The van der Waals surface area contributed by atoms with Gasteiger partial charge in [-0.25, -0.2) is 9.97 Å². The summed E-state index contributed by atoms with van der Waals surface area (Å²) in [5.41, 5.74) is 1.95. The zero-order valence-corrected chi connectivity index (χ0v) is 13.9. The number of aromatic nitrogens is 2. The summed E-state index contributed by atoms with van der Waals surface area (Å²) in [5, 5.41) is 1.37. The van der Waals surface area contributed by atoms with Crippen molar-refractivity contribution in [1.29, 1.82) is 0 Å². The predicted octanol–water partition coefficient (Wildman–Crippen LogP) is 4.38. The minimum atomic E-state index is -0.110. The molecule has 2 aliphatic rings. The third-order valence-corrected chi connectivity index (χ3v) is 4.15. The Bertz CT molecular complexity index is 1170. The van der Waals surface area contributed by atoms with Crippen molar-refractivity contribution in [2.45, 2.75) is 26.2 Å². The number of hydrogen-bond donors (Lipinski definition) is 0. The van der Waals surface area contributed by atoms with Crippen LogP contribution in [0.25, 0.3) is 33.5 Å². The van der Waals surface area contributed by atoms with Gasteiger partial charge in [0.2, 0.25) is 5.43 Å². The smallest absolute Gasteiger partial charge is 0.205 e. The monoisotopic (exact) mass is 328 g/mol. The number of nitrogens with zero attached hydrogens (tertiary/aromatic N) is 2. The van der Waals surface area contributed by atoms with E-state index in [9.17, 15) is 4.79 Å². The molecule has 4 rings (SSSR count). The molecule has 1 aliphatic heterocycles. The Morgan fingerprint density at radius 1 is 1.12 bits per heavy atom. The molecule has 0 radical (unpaired) electrons. The maximum absolute atomic E-state index is 12.9. The number of fused-ring (bicyclic) bond motifs is 4. The Balaban J connectivity index is 2.10. The fourth-order valence-electron chi connectivity index (χ4n) is 2.87. The highest BCUT2D eigenvalue weighted by molar-refractivity contribution is 5.98. The first-order valence-electron chi connectivity index (χ1n) is 8.38. The Morgan fingerprint density at radius 2 is 1.96 bits per heavy atom. The minimum Gasteiger partial charge on any atom is -0.450 e. The third-order valence-electron chi connectivity index (χ3n) is 4.15. The van der Waals surface area contributed by atoms with Crippen LogP contribution in [0.15, 0.2) is 51.8 Å². The van der Waals surface area contributed by atoms with Crippen molar-refractivity contribution in [3.8, 4) is 23.3 Å². The molecule has 0 bridgehead atoms. The van der Waals surface area contributed by atoms with Gasteiger partial charge in [-0.1, -0.05) is 49.5 Å². The van der Waals surface area contributed by atoms with Gasteiger partial charge in [-0.2, -0.15) is 0 Å². The van der Waals surface area contributed by atoms with Gasteiger partial charge in [-0.3, -0.25) is 4.79 Å². The fourth-order valence-corrected chi connectivity index (χ4v) is 2.87. The van der Waals surface area contributed by atoms with Crippen LogP contribution in [0.2, 0.25) is 0 Å². The average molecular weight is 328 g/mol. The number of benzene rings is 2. The molecule has 2 heterocycles. The van der Waals surface area contributed by atoms with Crippen molar-refractivity contribution in [3.05, 3.63) is 58.4 Å². The maximum Gasteiger partial charge on any atom is 0.205 e. The second kappa shape index (κ2) is 6.37. The molecular weight excluding hydrogens is 312 g/mol. The highest BCUT2D eigenvalue weighted by Gasteiger charge is 2.21. The summed E-state index contributed by atoms with van der Waals surface area (Å²) in [4.78, 5) is 21.8. The van der Waals surface area contributed by atoms with Gasteiger partial charge in [0.15, 0.2) is 17.0 Å². The van der Waals surface area contributed by atoms with Crippen LogP contribution in [0, 0.1) is 11.8 Å². The molecule has 1 aromatic heterocycles. The summed E-state index contributed by atoms with van der Waals surface area (Å²) in [6, 6.07) is 11.0. The lowest BCUT2D eigenvalue weighted by atomic mass is 9.99. The average Bonchev–Trinajstić information content (AvgIpc) is 2.66. The van der Waals surface area contributed by atoms with Crippen molar-refractivity contribution >= 4 is 22.0 Å². The van der Waals surface area contributed by atoms with E-state index in [-0.39, 0.29) is 5.43 Å². The van der Waals surface area contributed by atoms with Crippen LogP contribution in [0.5, 0.6) is 0 Å². The molecule has 4 heteroatoms. The van der Waals surface area contributed by atoms with Gasteiger partial charge in [0.05, 0.1) is 0 Å². The minimum absolute atomic E-state index is 0.110. The van der Waals surface area contributed by atoms with Crippen LogP contribution >= 0.6 is 0 Å². The van der Waals surface area contributed by atoms with Gasteiger partial charge < -0.3 is 4.42 Å². The molecule has 1 aliphatic carbocycles. The molecular formula is C21H16N2O2. The Labute approximate surface area is 144 Å². The van der Waals surface area contributed by atoms with Crippen LogP contribution < -0.4 is 5.43 Å². The SMILES string of the molecule is CCCCC#Cc1c2oc3cccnc3nc-2c2ccccc2c1=O. The predicted molar refractivity (Wildman–Crippen MR) is 98.6 cm³/mol. The molecule has 0 atom stereocenters. The Kier molecular flexibility index (Phi) is 3.91. The highest BCUT2D eigenvalue weighted by atomic mass is 16.3. The molecule has 0 unspecified atom stereocenters. The van der Waals surface area contributed by atoms with Crippen molar-refractivity contribution in [1.82, 2.24) is 9.97 Å². The maximum atomic E-state index is 12.9. The van der Waals surface area contributed by atoms with Crippen LogP contribution in [-0.2, 0) is 0 Å². The molecule has 0 N–H and O–H groups in total. The van der Waals surface area contributed by atoms with Gasteiger partial charge in [-0.15, -0.1) is 0 Å². The van der Waals surface area contributed by atoms with E-state index in [1.807, 2.05) is 18.2 Å². The number of rotatable bonds is 2. The van der Waals surface area contributed by atoms with E-state index in [0.29, 0.717) is 33.6 Å². The standard InChI is InChI=1S/C21H16N2O2/c1-2-3-4-5-11-16-19(24)15-10-7-6-9-14(15)18-20(16)25-17-12-8-13-22-21(17)23-18/h6-10,12-13H,2-4H2,1H3. The highest BCUT2D eigenvalue weighted by Crippen LogP contribution is 2.31. The zero-order chi connectivity index (χ0) is 17.2. The van der Waals surface area contributed by atoms with E-state index in [1.54, 1.807) is 24.4 Å². The molecule has 0 saturated heterocycles. The summed E-state index contributed by atoms with van der Waals surface area (Å²) in [7, 11) is 0. The van der Waals surface area contributed by atoms with Crippen molar-refractivity contribution in [2.75, 3.05) is 0 Å². The summed E-state index contributed by atoms with van der Waals surface area (Å²) in [6.45, 7) is 2.12. The van der Waals surface area contributed by atoms with Gasteiger partial charge in [0, 0.05) is 23.4 Å². The van der Waals surface area contributed by atoms with E-state index in [0.717, 1.165) is 24.6 Å². The molecule has 25 heavy (non-hydrogen) atoms. The van der Waals surface area contributed by atoms with Crippen LogP contribution in [0.1, 0.15) is 31.7 Å². The van der Waals surface area contributed by atoms with Gasteiger partial charge >= 0.3 is 0 Å². The molecule has 4 nitrogen and oxygen atoms in total. The summed E-state index contributed by atoms with van der Waals surface area (Å²) in [6.07, 6.45) is 4.51. The van der Waals surface area contributed by atoms with E-state index >= 15 is 0 Å². The first-order valence-corrected chi connectivity index (χ1v) is 8.38. The summed E-state index contributed by atoms with van der Waals surface area (Å²) in [5.74, 6) is 6.56. The van der Waals surface area contributed by atoms with Crippen LogP contribution in [0.4, 0.5) is 0 Å². The van der Waals surface area contributed by atoms with Crippen molar-refractivity contribution < 1.29 is 4.42 Å².